The zero-order chi connectivity index (χ0) is 23.3. The maximum absolute atomic E-state index is 12.7. The second-order valence-corrected chi connectivity index (χ2v) is 9.68. The summed E-state index contributed by atoms with van der Waals surface area (Å²) in [7, 11) is -3.97. The first-order chi connectivity index (χ1) is 15.2. The third-order valence-electron chi connectivity index (χ3n) is 4.92. The average molecular weight is 481 g/mol. The molecule has 2 N–H and O–H groups in total. The molecule has 1 amide bonds. The van der Waals surface area contributed by atoms with Crippen molar-refractivity contribution in [2.45, 2.75) is 43.8 Å². The highest BCUT2D eigenvalue weighted by molar-refractivity contribution is 7.89. The number of hydrogen-bond donors (Lipinski definition) is 2. The maximum Gasteiger partial charge on any atom is 0.338 e. The summed E-state index contributed by atoms with van der Waals surface area (Å²) >= 11 is 6.07. The molecule has 2 aromatic rings. The van der Waals surface area contributed by atoms with Crippen molar-refractivity contribution in [2.24, 2.45) is 0 Å². The first kappa shape index (κ1) is 24.2. The third-order valence-corrected chi connectivity index (χ3v) is 6.83. The highest BCUT2D eigenvalue weighted by Crippen LogP contribution is 2.24. The molecule has 0 radical (unpaired) electrons. The van der Waals surface area contributed by atoms with Crippen molar-refractivity contribution in [3.63, 3.8) is 0 Å². The first-order valence-corrected chi connectivity index (χ1v) is 12.0. The van der Waals surface area contributed by atoms with Crippen LogP contribution in [0.3, 0.4) is 0 Å². The smallest absolute Gasteiger partial charge is 0.338 e. The maximum atomic E-state index is 12.7. The van der Waals surface area contributed by atoms with E-state index in [1.54, 1.807) is 18.2 Å². The monoisotopic (exact) mass is 480 g/mol. The van der Waals surface area contributed by atoms with Crippen LogP contribution in [0.25, 0.3) is 0 Å². The van der Waals surface area contributed by atoms with Gasteiger partial charge in [0, 0.05) is 18.8 Å². The molecule has 10 heteroatoms. The van der Waals surface area contributed by atoms with E-state index in [4.69, 9.17) is 21.1 Å². The molecule has 172 valence electrons. The fourth-order valence-corrected chi connectivity index (χ4v) is 4.76. The van der Waals surface area contributed by atoms with Gasteiger partial charge in [0.05, 0.1) is 16.7 Å². The fraction of sp³-hybridized carbons (Fsp3) is 0.364. The van der Waals surface area contributed by atoms with Gasteiger partial charge in [0.1, 0.15) is 4.90 Å². The minimum Gasteiger partial charge on any atom is -0.449 e. The molecule has 32 heavy (non-hydrogen) atoms. The molecule has 1 fully saturated rings. The molecule has 0 aliphatic carbocycles. The SMILES string of the molecule is Cc1cccc(NC(=O)C(C)OC(=O)c2ccc(Cl)c(S(=O)(=O)NCC3CCCO3)c2)c1. The molecule has 1 aliphatic rings. The van der Waals surface area contributed by atoms with Crippen molar-refractivity contribution in [1.82, 2.24) is 4.72 Å². The lowest BCUT2D eigenvalue weighted by atomic mass is 10.2. The lowest BCUT2D eigenvalue weighted by Crippen LogP contribution is -2.32. The molecular weight excluding hydrogens is 456 g/mol. The van der Waals surface area contributed by atoms with Gasteiger partial charge in [-0.1, -0.05) is 23.7 Å². The van der Waals surface area contributed by atoms with E-state index in [0.717, 1.165) is 24.5 Å². The lowest BCUT2D eigenvalue weighted by molar-refractivity contribution is -0.123. The number of halogens is 1. The van der Waals surface area contributed by atoms with Crippen molar-refractivity contribution in [2.75, 3.05) is 18.5 Å². The number of carbonyl (C=O) groups is 2. The van der Waals surface area contributed by atoms with Gasteiger partial charge in [-0.25, -0.2) is 17.9 Å². The number of rotatable bonds is 8. The third kappa shape index (κ3) is 6.29. The number of nitrogens with one attached hydrogen (secondary N) is 2. The minimum absolute atomic E-state index is 0.0355. The van der Waals surface area contributed by atoms with Crippen molar-refractivity contribution < 1.29 is 27.5 Å². The molecule has 1 saturated heterocycles. The van der Waals surface area contributed by atoms with Crippen molar-refractivity contribution in [3.05, 3.63) is 58.6 Å². The van der Waals surface area contributed by atoms with Crippen LogP contribution in [0.15, 0.2) is 47.4 Å². The topological polar surface area (TPSA) is 111 Å². The summed E-state index contributed by atoms with van der Waals surface area (Å²) in [6, 6.07) is 11.0. The number of carbonyl (C=O) groups excluding carboxylic acids is 2. The van der Waals surface area contributed by atoms with Gasteiger partial charge in [-0.05, 0) is 62.6 Å². The predicted molar refractivity (Wildman–Crippen MR) is 120 cm³/mol. The zero-order valence-electron chi connectivity index (χ0n) is 17.8. The Morgan fingerprint density at radius 2 is 2.03 bits per heavy atom. The summed E-state index contributed by atoms with van der Waals surface area (Å²) in [6.45, 7) is 4.04. The molecule has 0 saturated carbocycles. The number of hydrogen-bond acceptors (Lipinski definition) is 6. The Morgan fingerprint density at radius 3 is 2.72 bits per heavy atom. The van der Waals surface area contributed by atoms with E-state index in [0.29, 0.717) is 12.3 Å². The van der Waals surface area contributed by atoms with Crippen molar-refractivity contribution >= 4 is 39.2 Å². The molecule has 2 aromatic carbocycles. The molecule has 1 aliphatic heterocycles. The number of esters is 1. The number of aryl methyl sites for hydroxylation is 1. The van der Waals surface area contributed by atoms with E-state index in [1.807, 2.05) is 13.0 Å². The predicted octanol–water partition coefficient (Wildman–Crippen LogP) is 3.29. The van der Waals surface area contributed by atoms with Gasteiger partial charge in [-0.2, -0.15) is 0 Å². The van der Waals surface area contributed by atoms with Crippen molar-refractivity contribution in [1.29, 1.82) is 0 Å². The first-order valence-electron chi connectivity index (χ1n) is 10.1. The lowest BCUT2D eigenvalue weighted by Gasteiger charge is -2.15. The van der Waals surface area contributed by atoms with Crippen LogP contribution in [0.4, 0.5) is 5.69 Å². The van der Waals surface area contributed by atoms with Gasteiger partial charge in [0.2, 0.25) is 10.0 Å². The van der Waals surface area contributed by atoms with Gasteiger partial charge < -0.3 is 14.8 Å². The van der Waals surface area contributed by atoms with Crippen LogP contribution in [0, 0.1) is 6.92 Å². The summed E-state index contributed by atoms with van der Waals surface area (Å²) in [5.74, 6) is -1.35. The number of amides is 1. The molecule has 3 rings (SSSR count). The van der Waals surface area contributed by atoms with Gasteiger partial charge >= 0.3 is 5.97 Å². The normalized spacial score (nSPS) is 17.0. The summed E-state index contributed by atoms with van der Waals surface area (Å²) in [6.07, 6.45) is 0.357. The van der Waals surface area contributed by atoms with Gasteiger partial charge in [-0.3, -0.25) is 4.79 Å². The molecule has 2 atom stereocenters. The highest BCUT2D eigenvalue weighted by atomic mass is 35.5. The van der Waals surface area contributed by atoms with Crippen LogP contribution in [0.1, 0.15) is 35.7 Å². The summed E-state index contributed by atoms with van der Waals surface area (Å²) in [5.41, 5.74) is 1.51. The zero-order valence-corrected chi connectivity index (χ0v) is 19.3. The van der Waals surface area contributed by atoms with Crippen LogP contribution in [0.5, 0.6) is 0 Å². The Hall–Kier alpha value is -2.46. The summed E-state index contributed by atoms with van der Waals surface area (Å²) in [5, 5.41) is 2.64. The number of benzene rings is 2. The number of anilines is 1. The van der Waals surface area contributed by atoms with E-state index in [1.165, 1.54) is 19.1 Å². The summed E-state index contributed by atoms with van der Waals surface area (Å²) < 4.78 is 38.5. The largest absolute Gasteiger partial charge is 0.449 e. The number of ether oxygens (including phenoxy) is 2. The molecule has 0 bridgehead atoms. The van der Waals surface area contributed by atoms with E-state index >= 15 is 0 Å². The second-order valence-electron chi connectivity index (χ2n) is 7.54. The van der Waals surface area contributed by atoms with Crippen molar-refractivity contribution in [3.8, 4) is 0 Å². The molecule has 0 spiro atoms. The Labute approximate surface area is 192 Å². The van der Waals surface area contributed by atoms with E-state index < -0.39 is 28.0 Å². The van der Waals surface area contributed by atoms with Crippen LogP contribution >= 0.6 is 11.6 Å². The van der Waals surface area contributed by atoms with Gasteiger partial charge in [-0.15, -0.1) is 0 Å². The Balaban J connectivity index is 1.66. The number of sulfonamides is 1. The van der Waals surface area contributed by atoms with Gasteiger partial charge in [0.25, 0.3) is 5.91 Å². The van der Waals surface area contributed by atoms with E-state index in [9.17, 15) is 18.0 Å². The van der Waals surface area contributed by atoms with Crippen LogP contribution in [-0.4, -0.2) is 45.7 Å². The van der Waals surface area contributed by atoms with Crippen LogP contribution in [-0.2, 0) is 24.3 Å². The fourth-order valence-electron chi connectivity index (χ4n) is 3.17. The highest BCUT2D eigenvalue weighted by Gasteiger charge is 2.25. The molecular formula is C22H25ClN2O6S. The quantitative estimate of drug-likeness (QED) is 0.561. The molecule has 1 heterocycles. The Kier molecular flexibility index (Phi) is 7.89. The standard InChI is InChI=1S/C22H25ClN2O6S/c1-14-5-3-6-17(11-14)25-21(26)15(2)31-22(27)16-8-9-19(23)20(12-16)32(28,29)24-13-18-7-4-10-30-18/h3,5-6,8-9,11-12,15,18,24H,4,7,10,13H2,1-2H3,(H,25,26). The van der Waals surface area contributed by atoms with Crippen LogP contribution in [0.2, 0.25) is 5.02 Å². The Morgan fingerprint density at radius 1 is 1.25 bits per heavy atom. The second kappa shape index (κ2) is 10.4. The summed E-state index contributed by atoms with van der Waals surface area (Å²) in [4.78, 5) is 24.7. The van der Waals surface area contributed by atoms with E-state index in [2.05, 4.69) is 10.0 Å². The molecule has 2 unspecified atom stereocenters. The van der Waals surface area contributed by atoms with Crippen LogP contribution < -0.4 is 10.0 Å². The average Bonchev–Trinajstić information content (AvgIpc) is 3.26. The van der Waals surface area contributed by atoms with Gasteiger partial charge in [0.15, 0.2) is 6.10 Å². The molecule has 0 aromatic heterocycles. The molecule has 8 nitrogen and oxygen atoms in total. The Bertz CT molecular complexity index is 1100. The van der Waals surface area contributed by atoms with E-state index in [-0.39, 0.29) is 28.1 Å². The minimum atomic E-state index is -3.97.